The molecule has 0 saturated carbocycles. The predicted molar refractivity (Wildman–Crippen MR) is 133 cm³/mol. The van der Waals surface area contributed by atoms with Crippen LogP contribution in [-0.4, -0.2) is 53.7 Å². The molecule has 0 aromatic heterocycles. The highest BCUT2D eigenvalue weighted by Gasteiger charge is 2.30. The van der Waals surface area contributed by atoms with Gasteiger partial charge in [0.1, 0.15) is 6.61 Å². The van der Waals surface area contributed by atoms with Gasteiger partial charge in [-0.3, -0.25) is 9.59 Å². The van der Waals surface area contributed by atoms with Crippen molar-refractivity contribution in [3.8, 4) is 11.1 Å². The summed E-state index contributed by atoms with van der Waals surface area (Å²) in [6, 6.07) is 16.1. The number of carbonyl (C=O) groups excluding carboxylic acids is 2. The van der Waals surface area contributed by atoms with Crippen LogP contribution in [0.5, 0.6) is 0 Å². The Morgan fingerprint density at radius 1 is 1.03 bits per heavy atom. The van der Waals surface area contributed by atoms with Crippen molar-refractivity contribution in [3.05, 3.63) is 59.7 Å². The maximum absolute atomic E-state index is 12.8. The first-order chi connectivity index (χ1) is 17.0. The van der Waals surface area contributed by atoms with Crippen LogP contribution in [0, 0.1) is 5.92 Å². The van der Waals surface area contributed by atoms with Gasteiger partial charge in [-0.2, -0.15) is 0 Å². The maximum atomic E-state index is 12.8. The van der Waals surface area contributed by atoms with E-state index in [0.29, 0.717) is 31.8 Å². The summed E-state index contributed by atoms with van der Waals surface area (Å²) < 4.78 is 5.64. The van der Waals surface area contributed by atoms with Crippen LogP contribution in [0.3, 0.4) is 0 Å². The Hall–Kier alpha value is -3.35. The van der Waals surface area contributed by atoms with Crippen molar-refractivity contribution >= 4 is 18.0 Å². The van der Waals surface area contributed by atoms with E-state index >= 15 is 0 Å². The summed E-state index contributed by atoms with van der Waals surface area (Å²) in [6.45, 7) is 3.48. The Morgan fingerprint density at radius 3 is 2.20 bits per heavy atom. The van der Waals surface area contributed by atoms with Gasteiger partial charge in [0.2, 0.25) is 5.91 Å². The zero-order chi connectivity index (χ0) is 24.8. The van der Waals surface area contributed by atoms with Gasteiger partial charge in [0, 0.05) is 37.9 Å². The number of nitrogens with zero attached hydrogens (tertiary/aromatic N) is 1. The molecule has 2 aromatic carbocycles. The number of likely N-dealkylation sites (tertiary alicyclic amines) is 1. The molecule has 2 aromatic rings. The maximum Gasteiger partial charge on any atom is 0.407 e. The Bertz CT molecular complexity index is 1020. The van der Waals surface area contributed by atoms with Crippen molar-refractivity contribution in [2.45, 2.75) is 57.4 Å². The molecule has 35 heavy (non-hydrogen) atoms. The summed E-state index contributed by atoms with van der Waals surface area (Å²) in [5, 5.41) is 11.7. The van der Waals surface area contributed by atoms with Crippen molar-refractivity contribution < 1.29 is 24.2 Å². The Labute approximate surface area is 206 Å². The standard InChI is InChI=1S/C28H34N2O5/c1-2-20(17-26(31)30-15-13-19(14-16-30)11-12-27(32)33)29-28(34)35-18-25-23-9-5-3-7-21(23)22-8-4-6-10-24(22)25/h3-10,19-20,25H,2,11-18H2,1H3,(H,29,34)(H,32,33). The lowest BCUT2D eigenvalue weighted by Gasteiger charge is -2.32. The zero-order valence-corrected chi connectivity index (χ0v) is 20.2. The van der Waals surface area contributed by atoms with Crippen LogP contribution < -0.4 is 5.32 Å². The number of ether oxygens (including phenoxy) is 1. The van der Waals surface area contributed by atoms with Crippen molar-refractivity contribution in [2.75, 3.05) is 19.7 Å². The van der Waals surface area contributed by atoms with Crippen molar-refractivity contribution in [2.24, 2.45) is 5.92 Å². The molecular formula is C28H34N2O5. The largest absolute Gasteiger partial charge is 0.481 e. The van der Waals surface area contributed by atoms with Crippen LogP contribution in [0.15, 0.2) is 48.5 Å². The number of hydrogen-bond acceptors (Lipinski definition) is 4. The average Bonchev–Trinajstić information content (AvgIpc) is 3.19. The second-order valence-corrected chi connectivity index (χ2v) is 9.54. The summed E-state index contributed by atoms with van der Waals surface area (Å²) in [5.41, 5.74) is 4.69. The second kappa shape index (κ2) is 11.4. The van der Waals surface area contributed by atoms with E-state index in [2.05, 4.69) is 29.6 Å². The summed E-state index contributed by atoms with van der Waals surface area (Å²) in [5.74, 6) is -0.394. The highest BCUT2D eigenvalue weighted by atomic mass is 16.5. The van der Waals surface area contributed by atoms with E-state index in [-0.39, 0.29) is 37.3 Å². The van der Waals surface area contributed by atoms with Gasteiger partial charge in [-0.1, -0.05) is 55.5 Å². The first-order valence-corrected chi connectivity index (χ1v) is 12.6. The third-order valence-electron chi connectivity index (χ3n) is 7.31. The highest BCUT2D eigenvalue weighted by molar-refractivity contribution is 5.79. The molecule has 1 fully saturated rings. The monoisotopic (exact) mass is 478 g/mol. The molecule has 0 bridgehead atoms. The summed E-state index contributed by atoms with van der Waals surface area (Å²) in [4.78, 5) is 38.0. The number of rotatable bonds is 9. The molecule has 1 atom stereocenters. The van der Waals surface area contributed by atoms with E-state index in [0.717, 1.165) is 24.0 Å². The molecule has 2 N–H and O–H groups in total. The lowest BCUT2D eigenvalue weighted by atomic mass is 9.92. The van der Waals surface area contributed by atoms with Crippen LogP contribution in [0.4, 0.5) is 4.79 Å². The number of amides is 2. The molecule has 1 aliphatic heterocycles. The molecule has 2 amide bonds. The van der Waals surface area contributed by atoms with E-state index in [9.17, 15) is 14.4 Å². The fourth-order valence-electron chi connectivity index (χ4n) is 5.24. The number of hydrogen-bond donors (Lipinski definition) is 2. The SMILES string of the molecule is CCC(CC(=O)N1CCC(CCC(=O)O)CC1)NC(=O)OCC1c2ccccc2-c2ccccc21. The number of benzene rings is 2. The summed E-state index contributed by atoms with van der Waals surface area (Å²) in [6.07, 6.45) is 2.87. The second-order valence-electron chi connectivity index (χ2n) is 9.54. The number of piperidine rings is 1. The summed E-state index contributed by atoms with van der Waals surface area (Å²) >= 11 is 0. The molecule has 4 rings (SSSR count). The van der Waals surface area contributed by atoms with Crippen molar-refractivity contribution in [1.82, 2.24) is 10.2 Å². The van der Waals surface area contributed by atoms with Crippen molar-refractivity contribution in [1.29, 1.82) is 0 Å². The lowest BCUT2D eigenvalue weighted by Crippen LogP contribution is -2.43. The molecule has 1 unspecified atom stereocenters. The first kappa shape index (κ1) is 24.8. The summed E-state index contributed by atoms with van der Waals surface area (Å²) in [7, 11) is 0. The molecular weight excluding hydrogens is 444 g/mol. The predicted octanol–water partition coefficient (Wildman–Crippen LogP) is 4.80. The van der Waals surface area contributed by atoms with Gasteiger partial charge in [0.25, 0.3) is 0 Å². The van der Waals surface area contributed by atoms with Gasteiger partial charge in [0.15, 0.2) is 0 Å². The normalized spacial score (nSPS) is 16.3. The molecule has 7 heteroatoms. The van der Waals surface area contributed by atoms with Crippen LogP contribution >= 0.6 is 0 Å². The third kappa shape index (κ3) is 6.02. The average molecular weight is 479 g/mol. The number of alkyl carbamates (subject to hydrolysis) is 1. The number of carboxylic acid groups (broad SMARTS) is 1. The van der Waals surface area contributed by atoms with Crippen LogP contribution in [0.25, 0.3) is 11.1 Å². The minimum absolute atomic E-state index is 0.00252. The smallest absolute Gasteiger partial charge is 0.407 e. The molecule has 1 aliphatic carbocycles. The Morgan fingerprint density at radius 2 is 1.63 bits per heavy atom. The van der Waals surface area contributed by atoms with Gasteiger partial charge in [-0.25, -0.2) is 4.79 Å². The first-order valence-electron chi connectivity index (χ1n) is 12.6. The number of aliphatic carboxylic acids is 1. The zero-order valence-electron chi connectivity index (χ0n) is 20.2. The van der Waals surface area contributed by atoms with Gasteiger partial charge in [-0.15, -0.1) is 0 Å². The Balaban J connectivity index is 1.26. The van der Waals surface area contributed by atoms with E-state index in [1.807, 2.05) is 36.1 Å². The third-order valence-corrected chi connectivity index (χ3v) is 7.31. The van der Waals surface area contributed by atoms with E-state index < -0.39 is 12.1 Å². The van der Waals surface area contributed by atoms with Crippen LogP contribution in [0.1, 0.15) is 62.5 Å². The minimum atomic E-state index is -0.770. The molecule has 7 nitrogen and oxygen atoms in total. The van der Waals surface area contributed by atoms with E-state index in [1.54, 1.807) is 0 Å². The van der Waals surface area contributed by atoms with E-state index in [1.165, 1.54) is 11.1 Å². The molecule has 186 valence electrons. The van der Waals surface area contributed by atoms with Gasteiger partial charge >= 0.3 is 12.1 Å². The highest BCUT2D eigenvalue weighted by Crippen LogP contribution is 2.44. The fourth-order valence-corrected chi connectivity index (χ4v) is 5.24. The lowest BCUT2D eigenvalue weighted by molar-refractivity contribution is -0.138. The van der Waals surface area contributed by atoms with Gasteiger partial charge in [-0.05, 0) is 53.9 Å². The minimum Gasteiger partial charge on any atom is -0.481 e. The van der Waals surface area contributed by atoms with Crippen LogP contribution in [0.2, 0.25) is 0 Å². The molecule has 2 aliphatic rings. The van der Waals surface area contributed by atoms with Crippen molar-refractivity contribution in [3.63, 3.8) is 0 Å². The molecule has 0 spiro atoms. The van der Waals surface area contributed by atoms with Crippen LogP contribution in [-0.2, 0) is 14.3 Å². The number of fused-ring (bicyclic) bond motifs is 3. The van der Waals surface area contributed by atoms with E-state index in [4.69, 9.17) is 9.84 Å². The fraction of sp³-hybridized carbons (Fsp3) is 0.464. The van der Waals surface area contributed by atoms with Gasteiger partial charge in [0.05, 0.1) is 0 Å². The molecule has 1 saturated heterocycles. The molecule has 0 radical (unpaired) electrons. The number of carboxylic acids is 1. The number of nitrogens with one attached hydrogen (secondary N) is 1. The quantitative estimate of drug-likeness (QED) is 0.540. The van der Waals surface area contributed by atoms with Gasteiger partial charge < -0.3 is 20.1 Å². The topological polar surface area (TPSA) is 95.9 Å². The number of carbonyl (C=O) groups is 3. The molecule has 1 heterocycles. The Kier molecular flexibility index (Phi) is 8.06.